The third-order valence-electron chi connectivity index (χ3n) is 4.60. The Hall–Kier alpha value is -2.90. The number of nitrogens with one attached hydrogen (secondary N) is 1. The zero-order chi connectivity index (χ0) is 21.1. The molecule has 4 rings (SSSR count). The summed E-state index contributed by atoms with van der Waals surface area (Å²) in [6.07, 6.45) is 3.21. The van der Waals surface area contributed by atoms with Crippen LogP contribution in [0, 0.1) is 0 Å². The lowest BCUT2D eigenvalue weighted by Gasteiger charge is -2.13. The minimum Gasteiger partial charge on any atom is -0.325 e. The first-order chi connectivity index (χ1) is 14.5. The molecule has 152 valence electrons. The number of aromatic nitrogens is 4. The number of para-hydroxylation sites is 1. The molecule has 0 unspecified atom stereocenters. The summed E-state index contributed by atoms with van der Waals surface area (Å²) in [6, 6.07) is 15.2. The molecule has 1 amide bonds. The minimum absolute atomic E-state index is 0.0787. The molecular weight excluding hydrogens is 418 g/mol. The second-order valence-corrected chi connectivity index (χ2v) is 8.43. The van der Waals surface area contributed by atoms with Crippen molar-refractivity contribution in [3.63, 3.8) is 0 Å². The zero-order valence-corrected chi connectivity index (χ0v) is 18.1. The predicted octanol–water partition coefficient (Wildman–Crippen LogP) is 5.32. The number of anilines is 1. The second kappa shape index (κ2) is 8.85. The Bertz CT molecular complexity index is 1190. The first kappa shape index (κ1) is 20.4. The summed E-state index contributed by atoms with van der Waals surface area (Å²) in [5, 5.41) is 9.62. The third kappa shape index (κ3) is 4.32. The highest BCUT2D eigenvalue weighted by atomic mass is 35.5. The lowest BCUT2D eigenvalue weighted by atomic mass is 10.0. The molecule has 2 aromatic carbocycles. The molecule has 0 fully saturated rings. The van der Waals surface area contributed by atoms with Crippen LogP contribution < -0.4 is 5.32 Å². The summed E-state index contributed by atoms with van der Waals surface area (Å²) >= 11 is 7.34. The molecule has 6 nitrogen and oxygen atoms in total. The Balaban J connectivity index is 1.51. The first-order valence-electron chi connectivity index (χ1n) is 9.49. The van der Waals surface area contributed by atoms with Crippen LogP contribution in [-0.2, 0) is 4.79 Å². The van der Waals surface area contributed by atoms with Gasteiger partial charge in [-0.1, -0.05) is 55.4 Å². The van der Waals surface area contributed by atoms with Gasteiger partial charge in [-0.2, -0.15) is 5.10 Å². The Morgan fingerprint density at radius 2 is 1.90 bits per heavy atom. The zero-order valence-electron chi connectivity index (χ0n) is 16.5. The number of hydrogen-bond acceptors (Lipinski definition) is 5. The van der Waals surface area contributed by atoms with Crippen molar-refractivity contribution in [3.8, 4) is 5.69 Å². The van der Waals surface area contributed by atoms with E-state index in [2.05, 4.69) is 34.2 Å². The van der Waals surface area contributed by atoms with Gasteiger partial charge in [0.15, 0.2) is 5.65 Å². The summed E-state index contributed by atoms with van der Waals surface area (Å²) in [4.78, 5) is 21.3. The van der Waals surface area contributed by atoms with Crippen molar-refractivity contribution < 1.29 is 4.79 Å². The minimum atomic E-state index is -0.0787. The van der Waals surface area contributed by atoms with Crippen LogP contribution in [0.5, 0.6) is 0 Å². The lowest BCUT2D eigenvalue weighted by molar-refractivity contribution is -0.113. The fourth-order valence-corrected chi connectivity index (χ4v) is 4.03. The van der Waals surface area contributed by atoms with Gasteiger partial charge in [0, 0.05) is 10.7 Å². The maximum atomic E-state index is 12.5. The van der Waals surface area contributed by atoms with E-state index in [-0.39, 0.29) is 11.7 Å². The van der Waals surface area contributed by atoms with Crippen molar-refractivity contribution in [3.05, 3.63) is 71.6 Å². The molecule has 0 aliphatic rings. The van der Waals surface area contributed by atoms with Crippen molar-refractivity contribution in [2.24, 2.45) is 0 Å². The SMILES string of the molecule is CC(C)c1ccccc1NC(=O)CSc1ncnc2c1cnn2-c1ccc(Cl)cc1. The quantitative estimate of drug-likeness (QED) is 0.326. The second-order valence-electron chi connectivity index (χ2n) is 7.03. The molecule has 0 spiro atoms. The molecule has 0 saturated carbocycles. The maximum Gasteiger partial charge on any atom is 0.234 e. The summed E-state index contributed by atoms with van der Waals surface area (Å²) in [6.45, 7) is 4.21. The van der Waals surface area contributed by atoms with Crippen molar-refractivity contribution in [1.29, 1.82) is 0 Å². The molecule has 0 saturated heterocycles. The summed E-state index contributed by atoms with van der Waals surface area (Å²) < 4.78 is 1.73. The molecule has 0 bridgehead atoms. The van der Waals surface area contributed by atoms with E-state index in [9.17, 15) is 4.79 Å². The van der Waals surface area contributed by atoms with E-state index in [0.717, 1.165) is 22.3 Å². The van der Waals surface area contributed by atoms with Crippen LogP contribution in [0.3, 0.4) is 0 Å². The molecule has 2 heterocycles. The molecule has 8 heteroatoms. The van der Waals surface area contributed by atoms with Gasteiger partial charge in [-0.25, -0.2) is 14.6 Å². The molecule has 0 aliphatic carbocycles. The highest BCUT2D eigenvalue weighted by Gasteiger charge is 2.14. The molecule has 30 heavy (non-hydrogen) atoms. The number of hydrogen-bond donors (Lipinski definition) is 1. The van der Waals surface area contributed by atoms with E-state index >= 15 is 0 Å². The molecule has 2 aromatic heterocycles. The molecule has 0 radical (unpaired) electrons. The highest BCUT2D eigenvalue weighted by molar-refractivity contribution is 8.00. The Morgan fingerprint density at radius 1 is 1.13 bits per heavy atom. The van der Waals surface area contributed by atoms with Crippen LogP contribution in [-0.4, -0.2) is 31.4 Å². The molecule has 0 atom stereocenters. The van der Waals surface area contributed by atoms with Crippen LogP contribution in [0.2, 0.25) is 5.02 Å². The third-order valence-corrected chi connectivity index (χ3v) is 5.85. The summed E-state index contributed by atoms with van der Waals surface area (Å²) in [5.74, 6) is 0.490. The van der Waals surface area contributed by atoms with Crippen molar-refractivity contribution in [2.75, 3.05) is 11.1 Å². The number of carbonyl (C=O) groups excluding carboxylic acids is 1. The van der Waals surface area contributed by atoms with Gasteiger partial charge in [-0.05, 0) is 41.8 Å². The normalized spacial score (nSPS) is 11.2. The van der Waals surface area contributed by atoms with E-state index in [1.165, 1.54) is 18.1 Å². The first-order valence-corrected chi connectivity index (χ1v) is 10.9. The van der Waals surface area contributed by atoms with Gasteiger partial charge in [-0.15, -0.1) is 0 Å². The number of thioether (sulfide) groups is 1. The smallest absolute Gasteiger partial charge is 0.234 e. The predicted molar refractivity (Wildman–Crippen MR) is 122 cm³/mol. The number of halogens is 1. The van der Waals surface area contributed by atoms with Gasteiger partial charge in [-0.3, -0.25) is 4.79 Å². The van der Waals surface area contributed by atoms with E-state index in [0.29, 0.717) is 21.6 Å². The average molecular weight is 438 g/mol. The van der Waals surface area contributed by atoms with Crippen LogP contribution in [0.4, 0.5) is 5.69 Å². The monoisotopic (exact) mass is 437 g/mol. The van der Waals surface area contributed by atoms with Crippen molar-refractivity contribution in [1.82, 2.24) is 19.7 Å². The number of amides is 1. The number of nitrogens with zero attached hydrogens (tertiary/aromatic N) is 4. The largest absolute Gasteiger partial charge is 0.325 e. The van der Waals surface area contributed by atoms with Crippen LogP contribution in [0.1, 0.15) is 25.3 Å². The van der Waals surface area contributed by atoms with Gasteiger partial charge < -0.3 is 5.32 Å². The van der Waals surface area contributed by atoms with Crippen LogP contribution >= 0.6 is 23.4 Å². The van der Waals surface area contributed by atoms with E-state index in [1.54, 1.807) is 23.0 Å². The lowest BCUT2D eigenvalue weighted by Crippen LogP contribution is -2.15. The topological polar surface area (TPSA) is 72.7 Å². The Kier molecular flexibility index (Phi) is 6.01. The number of carbonyl (C=O) groups is 1. The van der Waals surface area contributed by atoms with Crippen molar-refractivity contribution >= 4 is 46.0 Å². The molecule has 4 aromatic rings. The van der Waals surface area contributed by atoms with E-state index < -0.39 is 0 Å². The van der Waals surface area contributed by atoms with Gasteiger partial charge in [0.1, 0.15) is 11.4 Å². The van der Waals surface area contributed by atoms with Gasteiger partial charge in [0.25, 0.3) is 0 Å². The van der Waals surface area contributed by atoms with Gasteiger partial charge in [0.2, 0.25) is 5.91 Å². The van der Waals surface area contributed by atoms with E-state index in [4.69, 9.17) is 11.6 Å². The summed E-state index contributed by atoms with van der Waals surface area (Å²) in [5.41, 5.74) is 3.50. The Morgan fingerprint density at radius 3 is 2.67 bits per heavy atom. The highest BCUT2D eigenvalue weighted by Crippen LogP contribution is 2.27. The number of benzene rings is 2. The van der Waals surface area contributed by atoms with Gasteiger partial charge >= 0.3 is 0 Å². The number of fused-ring (bicyclic) bond motifs is 1. The van der Waals surface area contributed by atoms with Crippen LogP contribution in [0.25, 0.3) is 16.7 Å². The average Bonchev–Trinajstić information content (AvgIpc) is 3.18. The molecule has 0 aliphatic heterocycles. The molecule has 1 N–H and O–H groups in total. The standard InChI is InChI=1S/C22H20ClN5OS/c1-14(2)17-5-3-4-6-19(17)27-20(29)12-30-22-18-11-26-28(21(18)24-13-25-22)16-9-7-15(23)8-10-16/h3-11,13-14H,12H2,1-2H3,(H,27,29). The van der Waals surface area contributed by atoms with E-state index in [1.807, 2.05) is 36.4 Å². The maximum absolute atomic E-state index is 12.5. The fourth-order valence-electron chi connectivity index (χ4n) is 3.14. The van der Waals surface area contributed by atoms with Crippen molar-refractivity contribution in [2.45, 2.75) is 24.8 Å². The summed E-state index contributed by atoms with van der Waals surface area (Å²) in [7, 11) is 0. The fraction of sp³-hybridized carbons (Fsp3) is 0.182. The van der Waals surface area contributed by atoms with Gasteiger partial charge in [0.05, 0.1) is 23.0 Å². The molecular formula is C22H20ClN5OS. The van der Waals surface area contributed by atoms with Crippen LogP contribution in [0.15, 0.2) is 66.1 Å². The Labute approximate surface area is 183 Å². The number of rotatable bonds is 6.